The van der Waals surface area contributed by atoms with Crippen LogP contribution in [0.5, 0.6) is 0 Å². The molecular formula is C62H34O3. The molecule has 0 saturated carbocycles. The van der Waals surface area contributed by atoms with Crippen molar-refractivity contribution >= 4 is 120 Å². The fourth-order valence-corrected chi connectivity index (χ4v) is 10.9. The Kier molecular flexibility index (Phi) is 6.95. The number of hydrogen-bond donors (Lipinski definition) is 0. The highest BCUT2D eigenvalue weighted by atomic mass is 16.3. The first-order valence-electron chi connectivity index (χ1n) is 22.2. The Morgan fingerprint density at radius 1 is 0.200 bits per heavy atom. The Bertz CT molecular complexity index is 4330. The summed E-state index contributed by atoms with van der Waals surface area (Å²) in [6.07, 6.45) is 0. The maximum absolute atomic E-state index is 6.53. The zero-order valence-electron chi connectivity index (χ0n) is 34.9. The first kappa shape index (κ1) is 34.9. The van der Waals surface area contributed by atoms with E-state index in [1.807, 2.05) is 0 Å². The van der Waals surface area contributed by atoms with E-state index in [1.165, 1.54) is 70.6 Å². The first-order chi connectivity index (χ1) is 32.1. The van der Waals surface area contributed by atoms with E-state index in [4.69, 9.17) is 13.3 Å². The normalized spacial score (nSPS) is 12.3. The molecule has 0 radical (unpaired) electrons. The van der Waals surface area contributed by atoms with Crippen LogP contribution in [0, 0.1) is 0 Å². The molecule has 3 aromatic heterocycles. The van der Waals surface area contributed by atoms with Gasteiger partial charge >= 0.3 is 0 Å². The number of fused-ring (bicyclic) bond motifs is 14. The fourth-order valence-electron chi connectivity index (χ4n) is 10.9. The molecule has 3 heterocycles. The summed E-state index contributed by atoms with van der Waals surface area (Å²) in [5.41, 5.74) is 12.3. The van der Waals surface area contributed by atoms with Gasteiger partial charge in [-0.1, -0.05) is 127 Å². The van der Waals surface area contributed by atoms with E-state index in [0.717, 1.165) is 82.5 Å². The van der Waals surface area contributed by atoms with Crippen molar-refractivity contribution in [3.63, 3.8) is 0 Å². The van der Waals surface area contributed by atoms with E-state index in [2.05, 4.69) is 206 Å². The van der Waals surface area contributed by atoms with E-state index in [-0.39, 0.29) is 0 Å². The van der Waals surface area contributed by atoms with Gasteiger partial charge in [0.15, 0.2) is 0 Å². The molecule has 0 amide bonds. The molecule has 0 aliphatic heterocycles. The third kappa shape index (κ3) is 5.12. The summed E-state index contributed by atoms with van der Waals surface area (Å²) in [6.45, 7) is 0. The summed E-state index contributed by atoms with van der Waals surface area (Å²) in [5, 5.41) is 18.6. The largest absolute Gasteiger partial charge is 0.456 e. The second-order valence-electron chi connectivity index (χ2n) is 17.6. The van der Waals surface area contributed by atoms with Gasteiger partial charge in [-0.15, -0.1) is 0 Å². The van der Waals surface area contributed by atoms with Crippen molar-refractivity contribution in [1.82, 2.24) is 0 Å². The summed E-state index contributed by atoms with van der Waals surface area (Å²) in [7, 11) is 0. The van der Waals surface area contributed by atoms with Gasteiger partial charge in [-0.05, 0) is 166 Å². The molecule has 15 rings (SSSR count). The van der Waals surface area contributed by atoms with Crippen molar-refractivity contribution in [2.75, 3.05) is 0 Å². The van der Waals surface area contributed by atoms with Crippen LogP contribution in [0.15, 0.2) is 220 Å². The van der Waals surface area contributed by atoms with Gasteiger partial charge in [-0.3, -0.25) is 0 Å². The van der Waals surface area contributed by atoms with Crippen LogP contribution in [0.4, 0.5) is 0 Å². The van der Waals surface area contributed by atoms with Crippen LogP contribution in [0.3, 0.4) is 0 Å². The molecule has 0 bridgehead atoms. The Morgan fingerprint density at radius 3 is 0.938 bits per heavy atom. The monoisotopic (exact) mass is 826 g/mol. The minimum Gasteiger partial charge on any atom is -0.456 e. The topological polar surface area (TPSA) is 39.4 Å². The average molecular weight is 827 g/mol. The zero-order chi connectivity index (χ0) is 42.3. The minimum absolute atomic E-state index is 0.881. The molecule has 300 valence electrons. The van der Waals surface area contributed by atoms with Crippen molar-refractivity contribution in [3.8, 4) is 33.4 Å². The highest BCUT2D eigenvalue weighted by Crippen LogP contribution is 2.46. The molecule has 12 aromatic carbocycles. The quantitative estimate of drug-likeness (QED) is 0.167. The van der Waals surface area contributed by atoms with Crippen LogP contribution >= 0.6 is 0 Å². The zero-order valence-corrected chi connectivity index (χ0v) is 34.9. The van der Waals surface area contributed by atoms with Crippen molar-refractivity contribution in [2.24, 2.45) is 0 Å². The molecule has 65 heavy (non-hydrogen) atoms. The average Bonchev–Trinajstić information content (AvgIpc) is 4.02. The van der Waals surface area contributed by atoms with E-state index >= 15 is 0 Å². The second-order valence-corrected chi connectivity index (χ2v) is 17.6. The number of furan rings is 3. The number of benzene rings is 12. The van der Waals surface area contributed by atoms with Gasteiger partial charge < -0.3 is 13.3 Å². The van der Waals surface area contributed by atoms with Crippen molar-refractivity contribution in [3.05, 3.63) is 206 Å². The molecule has 3 heteroatoms. The second kappa shape index (κ2) is 12.9. The lowest BCUT2D eigenvalue weighted by atomic mass is 9.86. The maximum atomic E-state index is 6.53. The highest BCUT2D eigenvalue weighted by Gasteiger charge is 2.20. The Labute approximate surface area is 370 Å². The molecule has 0 aliphatic rings. The number of rotatable bonds is 3. The highest BCUT2D eigenvalue weighted by molar-refractivity contribution is 6.22. The molecule has 0 saturated heterocycles. The summed E-state index contributed by atoms with van der Waals surface area (Å²) >= 11 is 0. The van der Waals surface area contributed by atoms with Gasteiger partial charge in [0.1, 0.15) is 33.5 Å². The Hall–Kier alpha value is -8.66. The predicted octanol–water partition coefficient (Wildman–Crippen LogP) is 18.2. The lowest BCUT2D eigenvalue weighted by Crippen LogP contribution is -1.91. The van der Waals surface area contributed by atoms with Crippen LogP contribution in [-0.2, 0) is 0 Å². The van der Waals surface area contributed by atoms with E-state index < -0.39 is 0 Å². The molecule has 0 fully saturated rings. The maximum Gasteiger partial charge on any atom is 0.136 e. The van der Waals surface area contributed by atoms with Gasteiger partial charge in [0, 0.05) is 32.3 Å². The molecule has 0 unspecified atom stereocenters. The van der Waals surface area contributed by atoms with Crippen molar-refractivity contribution in [1.29, 1.82) is 0 Å². The number of hydrogen-bond acceptors (Lipinski definition) is 3. The van der Waals surface area contributed by atoms with Crippen LogP contribution in [0.2, 0.25) is 0 Å². The van der Waals surface area contributed by atoms with Gasteiger partial charge in [0.05, 0.1) is 0 Å². The Morgan fingerprint density at radius 2 is 0.538 bits per heavy atom. The van der Waals surface area contributed by atoms with Crippen molar-refractivity contribution in [2.45, 2.75) is 0 Å². The fraction of sp³-hybridized carbons (Fsp3) is 0. The van der Waals surface area contributed by atoms with Gasteiger partial charge in [0.2, 0.25) is 0 Å². The minimum atomic E-state index is 0.881. The molecule has 3 nitrogen and oxygen atoms in total. The molecule has 0 atom stereocenters. The lowest BCUT2D eigenvalue weighted by Gasteiger charge is -2.17. The summed E-state index contributed by atoms with van der Waals surface area (Å²) in [6, 6.07) is 74.8. The van der Waals surface area contributed by atoms with Crippen LogP contribution < -0.4 is 0 Å². The summed E-state index contributed by atoms with van der Waals surface area (Å²) in [4.78, 5) is 0. The smallest absolute Gasteiger partial charge is 0.136 e. The standard InChI is InChI=1S/C62H34O3/c1-4-12-38-31-59-53(25-35(38)9-1)50-28-41(19-22-56(50)63-59)44-15-7-17-46-48(44)34-49-45(42-20-23-57-51(29-42)54-26-36-10-2-5-13-39(36)32-60(54)64-57)16-8-18-47(49)62(46)43-21-24-58-52(30-43)55-27-37-11-3-6-14-40(37)33-61(55)65-58/h1-34H. The SMILES string of the molecule is c1ccc2cc3c(cc2c1)oc1ccc(-c2cccc4c(-c5ccc6oc7cc8ccccc8cc7c6c5)c5cccc(-c6ccc7oc8cc9ccccc9cc8c7c6)c5cc24)cc13. The van der Waals surface area contributed by atoms with Crippen LogP contribution in [0.25, 0.3) is 153 Å². The molecule has 0 aliphatic carbocycles. The van der Waals surface area contributed by atoms with Gasteiger partial charge in [-0.2, -0.15) is 0 Å². The van der Waals surface area contributed by atoms with Crippen LogP contribution in [-0.4, -0.2) is 0 Å². The summed E-state index contributed by atoms with van der Waals surface area (Å²) < 4.78 is 19.5. The Balaban J connectivity index is 1.01. The molecular weight excluding hydrogens is 793 g/mol. The molecule has 15 aromatic rings. The molecule has 0 N–H and O–H groups in total. The van der Waals surface area contributed by atoms with Crippen molar-refractivity contribution < 1.29 is 13.3 Å². The van der Waals surface area contributed by atoms with E-state index in [1.54, 1.807) is 0 Å². The first-order valence-corrected chi connectivity index (χ1v) is 22.2. The molecule has 0 spiro atoms. The van der Waals surface area contributed by atoms with Gasteiger partial charge in [-0.25, -0.2) is 0 Å². The van der Waals surface area contributed by atoms with Gasteiger partial charge in [0.25, 0.3) is 0 Å². The third-order valence-corrected chi connectivity index (χ3v) is 14.0. The lowest BCUT2D eigenvalue weighted by molar-refractivity contribution is 0.669. The predicted molar refractivity (Wildman–Crippen MR) is 272 cm³/mol. The van der Waals surface area contributed by atoms with E-state index in [0.29, 0.717) is 0 Å². The summed E-state index contributed by atoms with van der Waals surface area (Å²) in [5.74, 6) is 0. The van der Waals surface area contributed by atoms with E-state index in [9.17, 15) is 0 Å². The van der Waals surface area contributed by atoms with Crippen LogP contribution in [0.1, 0.15) is 0 Å². The third-order valence-electron chi connectivity index (χ3n) is 14.0.